The van der Waals surface area contributed by atoms with Crippen LogP contribution in [0.2, 0.25) is 10.0 Å². The number of rotatable bonds is 7. The van der Waals surface area contributed by atoms with Gasteiger partial charge in [0.2, 0.25) is 0 Å². The molecule has 1 heterocycles. The lowest BCUT2D eigenvalue weighted by Crippen LogP contribution is -2.54. The largest absolute Gasteiger partial charge is 0.490 e. The highest BCUT2D eigenvalue weighted by molar-refractivity contribution is 9.10. The number of benzene rings is 3. The van der Waals surface area contributed by atoms with Crippen LogP contribution in [0.25, 0.3) is 6.08 Å². The Hall–Kier alpha value is -3.54. The predicted octanol–water partition coefficient (Wildman–Crippen LogP) is 7.42. The van der Waals surface area contributed by atoms with Crippen LogP contribution in [0, 0.1) is 0 Å². The third-order valence-electron chi connectivity index (χ3n) is 5.59. The van der Waals surface area contributed by atoms with Crippen LogP contribution in [0.3, 0.4) is 0 Å². The van der Waals surface area contributed by atoms with Crippen LogP contribution in [-0.2, 0) is 22.4 Å². The molecule has 1 fully saturated rings. The molecule has 13 heteroatoms. The molecule has 40 heavy (non-hydrogen) atoms. The van der Waals surface area contributed by atoms with Gasteiger partial charge in [0, 0.05) is 10.6 Å². The number of barbiturate groups is 1. The Morgan fingerprint density at radius 3 is 2.40 bits per heavy atom. The highest BCUT2D eigenvalue weighted by atomic mass is 79.9. The number of nitrogens with zero attached hydrogens (tertiary/aromatic N) is 1. The molecule has 4 amide bonds. The summed E-state index contributed by atoms with van der Waals surface area (Å²) < 4.78 is 51.9. The van der Waals surface area contributed by atoms with Crippen LogP contribution in [-0.4, -0.2) is 24.5 Å². The van der Waals surface area contributed by atoms with Gasteiger partial charge in [-0.05, 0) is 70.9 Å². The van der Waals surface area contributed by atoms with E-state index in [4.69, 9.17) is 32.7 Å². The van der Waals surface area contributed by atoms with Crippen LogP contribution in [0.15, 0.2) is 64.6 Å². The Balaban J connectivity index is 1.70. The molecule has 0 aliphatic carbocycles. The average molecular weight is 658 g/mol. The molecule has 0 bridgehead atoms. The van der Waals surface area contributed by atoms with Crippen molar-refractivity contribution >= 4 is 68.7 Å². The van der Waals surface area contributed by atoms with Gasteiger partial charge >= 0.3 is 12.2 Å². The number of nitrogens with one attached hydrogen (secondary N) is 1. The van der Waals surface area contributed by atoms with Crippen molar-refractivity contribution < 1.29 is 37.0 Å². The molecule has 3 aromatic carbocycles. The van der Waals surface area contributed by atoms with E-state index >= 15 is 0 Å². The lowest BCUT2D eigenvalue weighted by molar-refractivity contribution is -0.137. The van der Waals surface area contributed by atoms with Crippen molar-refractivity contribution in [3.63, 3.8) is 0 Å². The molecule has 208 valence electrons. The lowest BCUT2D eigenvalue weighted by atomic mass is 10.1. The van der Waals surface area contributed by atoms with Crippen molar-refractivity contribution in [3.05, 3.63) is 91.4 Å². The fraction of sp³-hybridized carbons (Fsp3) is 0.148. The maximum Gasteiger partial charge on any atom is 0.416 e. The fourth-order valence-electron chi connectivity index (χ4n) is 3.74. The van der Waals surface area contributed by atoms with Crippen LogP contribution in [0.4, 0.5) is 23.7 Å². The van der Waals surface area contributed by atoms with Crippen molar-refractivity contribution in [3.8, 4) is 11.5 Å². The van der Waals surface area contributed by atoms with Crippen molar-refractivity contribution in [2.24, 2.45) is 0 Å². The summed E-state index contributed by atoms with van der Waals surface area (Å²) in [4.78, 5) is 38.8. The number of amides is 4. The number of anilines is 1. The van der Waals surface area contributed by atoms with Gasteiger partial charge in [-0.25, -0.2) is 9.69 Å². The number of carbonyl (C=O) groups excluding carboxylic acids is 3. The molecule has 1 aliphatic heterocycles. The van der Waals surface area contributed by atoms with Crippen LogP contribution in [0.5, 0.6) is 11.5 Å². The molecule has 1 aliphatic rings. The minimum atomic E-state index is -4.76. The van der Waals surface area contributed by atoms with E-state index < -0.39 is 40.8 Å². The molecule has 7 nitrogen and oxygen atoms in total. The molecule has 4 rings (SSSR count). The SMILES string of the molecule is CCOc1cc(/C=C2\C(=O)NC(=O)N(c3cc(C(F)(F)F)ccc3Cl)C2=O)cc(Br)c1OCc1ccccc1Cl. The van der Waals surface area contributed by atoms with Crippen molar-refractivity contribution in [2.45, 2.75) is 19.7 Å². The summed E-state index contributed by atoms with van der Waals surface area (Å²) in [6.45, 7) is 2.12. The first-order valence-corrected chi connectivity index (χ1v) is 13.1. The number of hydrogen-bond acceptors (Lipinski definition) is 5. The maximum absolute atomic E-state index is 13.3. The molecule has 1 N–H and O–H groups in total. The summed E-state index contributed by atoms with van der Waals surface area (Å²) in [5.74, 6) is -1.60. The third kappa shape index (κ3) is 6.27. The quantitative estimate of drug-likeness (QED) is 0.211. The number of hydrogen-bond donors (Lipinski definition) is 1. The topological polar surface area (TPSA) is 84.9 Å². The van der Waals surface area contributed by atoms with Gasteiger partial charge in [0.25, 0.3) is 11.8 Å². The van der Waals surface area contributed by atoms with E-state index in [1.54, 1.807) is 25.1 Å². The molecule has 0 unspecified atom stereocenters. The smallest absolute Gasteiger partial charge is 0.416 e. The second kappa shape index (κ2) is 11.9. The highest BCUT2D eigenvalue weighted by Crippen LogP contribution is 2.39. The maximum atomic E-state index is 13.3. The van der Waals surface area contributed by atoms with E-state index in [0.717, 1.165) is 11.6 Å². The summed E-state index contributed by atoms with van der Waals surface area (Å²) in [6, 6.07) is 11.1. The number of urea groups is 1. The van der Waals surface area contributed by atoms with Crippen LogP contribution in [0.1, 0.15) is 23.6 Å². The summed E-state index contributed by atoms with van der Waals surface area (Å²) in [5.41, 5.74) is -1.16. The van der Waals surface area contributed by atoms with Gasteiger partial charge in [-0.15, -0.1) is 0 Å². The molecule has 0 atom stereocenters. The number of carbonyl (C=O) groups is 3. The molecule has 0 saturated carbocycles. The average Bonchev–Trinajstić information content (AvgIpc) is 2.87. The van der Waals surface area contributed by atoms with E-state index in [-0.39, 0.29) is 24.0 Å². The Labute approximate surface area is 244 Å². The molecule has 0 aromatic heterocycles. The Bertz CT molecular complexity index is 1550. The predicted molar refractivity (Wildman–Crippen MR) is 147 cm³/mol. The molecule has 0 spiro atoms. The number of ether oxygens (including phenoxy) is 2. The molecule has 1 saturated heterocycles. The van der Waals surface area contributed by atoms with E-state index in [2.05, 4.69) is 15.9 Å². The van der Waals surface area contributed by atoms with Crippen LogP contribution < -0.4 is 19.7 Å². The van der Waals surface area contributed by atoms with Crippen molar-refractivity contribution in [1.82, 2.24) is 5.32 Å². The van der Waals surface area contributed by atoms with E-state index in [9.17, 15) is 27.6 Å². The molecule has 0 radical (unpaired) electrons. The van der Waals surface area contributed by atoms with Gasteiger partial charge in [0.1, 0.15) is 12.2 Å². The van der Waals surface area contributed by atoms with E-state index in [1.807, 2.05) is 11.4 Å². The summed E-state index contributed by atoms with van der Waals surface area (Å²) in [5, 5.41) is 2.18. The zero-order chi connectivity index (χ0) is 29.2. The van der Waals surface area contributed by atoms with Gasteiger partial charge in [0.15, 0.2) is 11.5 Å². The number of halogens is 6. The number of imide groups is 2. The second-order valence-electron chi connectivity index (χ2n) is 8.26. The lowest BCUT2D eigenvalue weighted by Gasteiger charge is -2.27. The first-order chi connectivity index (χ1) is 18.9. The van der Waals surface area contributed by atoms with E-state index in [1.165, 1.54) is 18.2 Å². The monoisotopic (exact) mass is 656 g/mol. The normalized spacial score (nSPS) is 14.9. The van der Waals surface area contributed by atoms with Crippen molar-refractivity contribution in [2.75, 3.05) is 11.5 Å². The summed E-state index contributed by atoms with van der Waals surface area (Å²) in [6.07, 6.45) is -3.59. The van der Waals surface area contributed by atoms with Crippen molar-refractivity contribution in [1.29, 1.82) is 0 Å². The molecular weight excluding hydrogens is 640 g/mol. The van der Waals surface area contributed by atoms with Gasteiger partial charge in [-0.1, -0.05) is 41.4 Å². The van der Waals surface area contributed by atoms with Gasteiger partial charge in [-0.2, -0.15) is 13.2 Å². The van der Waals surface area contributed by atoms with Crippen LogP contribution >= 0.6 is 39.1 Å². The van der Waals surface area contributed by atoms with Gasteiger partial charge in [-0.3, -0.25) is 14.9 Å². The Morgan fingerprint density at radius 2 is 1.73 bits per heavy atom. The minimum Gasteiger partial charge on any atom is -0.490 e. The van der Waals surface area contributed by atoms with Gasteiger partial charge in [0.05, 0.1) is 27.4 Å². The van der Waals surface area contributed by atoms with E-state index in [0.29, 0.717) is 37.8 Å². The second-order valence-corrected chi connectivity index (χ2v) is 9.93. The highest BCUT2D eigenvalue weighted by Gasteiger charge is 2.39. The fourth-order valence-corrected chi connectivity index (χ4v) is 4.71. The van der Waals surface area contributed by atoms with Gasteiger partial charge < -0.3 is 9.47 Å². The minimum absolute atomic E-state index is 0.120. The molecular formula is C27H18BrCl2F3N2O5. The first kappa shape index (κ1) is 29.4. The zero-order valence-electron chi connectivity index (χ0n) is 20.4. The Kier molecular flexibility index (Phi) is 8.77. The number of alkyl halides is 3. The zero-order valence-corrected chi connectivity index (χ0v) is 23.5. The summed E-state index contributed by atoms with van der Waals surface area (Å²) in [7, 11) is 0. The first-order valence-electron chi connectivity index (χ1n) is 11.5. The Morgan fingerprint density at radius 1 is 1.00 bits per heavy atom. The standard InChI is InChI=1S/C27H18BrCl2F3N2O5/c1-2-39-22-11-14(10-18(28)23(22)40-13-15-5-3-4-6-19(15)29)9-17-24(36)34-26(38)35(25(17)37)21-12-16(27(31,32)33)7-8-20(21)30/h3-12H,2,13H2,1H3,(H,34,36,38)/b17-9+. The molecule has 3 aromatic rings. The summed E-state index contributed by atoms with van der Waals surface area (Å²) >= 11 is 15.7. The third-order valence-corrected chi connectivity index (χ3v) is 6.87.